The fraction of sp³-hybridized carbons (Fsp3) is 0. The second-order valence-electron chi connectivity index (χ2n) is 2.92. The Bertz CT molecular complexity index is 575. The fourth-order valence-corrected chi connectivity index (χ4v) is 2.33. The maximum Gasteiger partial charge on any atom is 0.286 e. The molecule has 17 heavy (non-hydrogen) atoms. The van der Waals surface area contributed by atoms with Crippen LogP contribution >= 0.6 is 50.5 Å². The van der Waals surface area contributed by atoms with Gasteiger partial charge in [0.1, 0.15) is 0 Å². The summed E-state index contributed by atoms with van der Waals surface area (Å²) in [5, 5.41) is 10.6. The maximum atomic E-state index is 11.8. The van der Waals surface area contributed by atoms with Crippen LogP contribution in [0.5, 0.6) is 0 Å². The highest BCUT2D eigenvalue weighted by atomic mass is 79.9. The van der Waals surface area contributed by atoms with E-state index in [-0.39, 0.29) is 15.4 Å². The van der Waals surface area contributed by atoms with Crippen molar-refractivity contribution >= 4 is 62.1 Å². The van der Waals surface area contributed by atoms with Gasteiger partial charge in [-0.3, -0.25) is 4.79 Å². The molecule has 1 heterocycles. The van der Waals surface area contributed by atoms with Gasteiger partial charge in [0.2, 0.25) is 9.47 Å². The second kappa shape index (κ2) is 5.30. The van der Waals surface area contributed by atoms with E-state index in [1.807, 2.05) is 0 Å². The molecule has 0 aliphatic rings. The summed E-state index contributed by atoms with van der Waals surface area (Å²) < 4.78 is 0.839. The largest absolute Gasteiger partial charge is 0.319 e. The van der Waals surface area contributed by atoms with Crippen LogP contribution in [0.25, 0.3) is 0 Å². The molecule has 1 aromatic carbocycles. The Morgan fingerprint density at radius 1 is 1.35 bits per heavy atom. The van der Waals surface area contributed by atoms with E-state index in [0.29, 0.717) is 15.2 Å². The molecule has 2 aromatic rings. The van der Waals surface area contributed by atoms with Gasteiger partial charge in [-0.15, -0.1) is 10.2 Å². The van der Waals surface area contributed by atoms with Gasteiger partial charge in [0.05, 0.1) is 15.2 Å². The van der Waals surface area contributed by atoms with Gasteiger partial charge < -0.3 is 5.32 Å². The first-order valence-corrected chi connectivity index (χ1v) is 6.69. The van der Waals surface area contributed by atoms with Crippen LogP contribution in [0.15, 0.2) is 22.7 Å². The summed E-state index contributed by atoms with van der Waals surface area (Å²) in [4.78, 5) is 11.8. The summed E-state index contributed by atoms with van der Waals surface area (Å²) in [6, 6.07) is 5.16. The molecule has 8 heteroatoms. The van der Waals surface area contributed by atoms with Crippen LogP contribution < -0.4 is 5.32 Å². The van der Waals surface area contributed by atoms with Crippen LogP contribution in [0.4, 0.5) is 5.69 Å². The Labute approximate surface area is 119 Å². The molecule has 0 fully saturated rings. The van der Waals surface area contributed by atoms with Crippen molar-refractivity contribution in [2.75, 3.05) is 5.32 Å². The molecular weight excluding hydrogens is 349 g/mol. The Balaban J connectivity index is 2.21. The summed E-state index contributed by atoms with van der Waals surface area (Å²) in [6.45, 7) is 0. The number of nitrogens with one attached hydrogen (secondary N) is 1. The van der Waals surface area contributed by atoms with Crippen molar-refractivity contribution in [1.29, 1.82) is 0 Å². The highest BCUT2D eigenvalue weighted by Crippen LogP contribution is 2.30. The number of carbonyl (C=O) groups is 1. The normalized spacial score (nSPS) is 10.3. The number of anilines is 1. The van der Waals surface area contributed by atoms with Gasteiger partial charge in [-0.25, -0.2) is 0 Å². The molecule has 0 saturated heterocycles. The molecule has 0 bridgehead atoms. The molecule has 88 valence electrons. The molecule has 0 spiro atoms. The molecule has 0 aliphatic carbocycles. The second-order valence-corrected chi connectivity index (χ2v) is 5.68. The molecule has 2 rings (SSSR count). The lowest BCUT2D eigenvalue weighted by Crippen LogP contribution is -2.12. The van der Waals surface area contributed by atoms with Gasteiger partial charge in [-0.1, -0.05) is 29.0 Å². The zero-order valence-electron chi connectivity index (χ0n) is 8.08. The summed E-state index contributed by atoms with van der Waals surface area (Å²) in [5.74, 6) is -0.377. The van der Waals surface area contributed by atoms with Gasteiger partial charge in [0.25, 0.3) is 5.91 Å². The predicted octanol–water partition coefficient (Wildman–Crippen LogP) is 3.86. The van der Waals surface area contributed by atoms with E-state index in [9.17, 15) is 4.79 Å². The first kappa shape index (κ1) is 12.8. The van der Waals surface area contributed by atoms with Crippen molar-refractivity contribution in [3.63, 3.8) is 0 Å². The van der Waals surface area contributed by atoms with Crippen molar-refractivity contribution in [2.24, 2.45) is 0 Å². The quantitative estimate of drug-likeness (QED) is 0.892. The van der Waals surface area contributed by atoms with E-state index in [1.54, 1.807) is 18.2 Å². The Morgan fingerprint density at radius 2 is 2.12 bits per heavy atom. The van der Waals surface area contributed by atoms with Crippen LogP contribution in [-0.2, 0) is 0 Å². The number of hydrogen-bond acceptors (Lipinski definition) is 4. The summed E-state index contributed by atoms with van der Waals surface area (Å²) in [5.41, 5.74) is 0.564. The summed E-state index contributed by atoms with van der Waals surface area (Å²) in [7, 11) is 0. The van der Waals surface area contributed by atoms with Gasteiger partial charge in [-0.05, 0) is 39.7 Å². The molecule has 0 saturated carbocycles. The topological polar surface area (TPSA) is 54.9 Å². The number of rotatable bonds is 2. The van der Waals surface area contributed by atoms with Crippen LogP contribution in [-0.4, -0.2) is 16.1 Å². The Morgan fingerprint density at radius 3 is 2.76 bits per heavy atom. The van der Waals surface area contributed by atoms with Gasteiger partial charge in [-0.2, -0.15) is 0 Å². The van der Waals surface area contributed by atoms with Crippen molar-refractivity contribution in [3.8, 4) is 0 Å². The molecule has 1 N–H and O–H groups in total. The third kappa shape index (κ3) is 2.95. The number of aromatic nitrogens is 2. The number of hydrogen-bond donors (Lipinski definition) is 1. The minimum absolute atomic E-state index is 0.196. The molecule has 0 radical (unpaired) electrons. The lowest BCUT2D eigenvalue weighted by molar-refractivity contribution is 0.102. The Hall–Kier alpha value is -0.690. The molecule has 4 nitrogen and oxygen atoms in total. The molecule has 0 aliphatic heterocycles. The third-order valence-corrected chi connectivity index (χ3v) is 4.21. The van der Waals surface area contributed by atoms with Crippen LogP contribution in [0, 0.1) is 0 Å². The molecule has 1 amide bonds. The van der Waals surface area contributed by atoms with E-state index in [1.165, 1.54) is 0 Å². The molecule has 0 unspecified atom stereocenters. The average molecular weight is 353 g/mol. The number of carbonyl (C=O) groups excluding carboxylic acids is 1. The van der Waals surface area contributed by atoms with Crippen LogP contribution in [0.3, 0.4) is 0 Å². The zero-order chi connectivity index (χ0) is 12.4. The fourth-order valence-electron chi connectivity index (χ4n) is 1.07. The zero-order valence-corrected chi connectivity index (χ0v) is 12.0. The number of benzene rings is 1. The number of halogens is 3. The van der Waals surface area contributed by atoms with Gasteiger partial charge in [0, 0.05) is 0 Å². The first-order valence-electron chi connectivity index (χ1n) is 4.32. The van der Waals surface area contributed by atoms with Crippen molar-refractivity contribution in [1.82, 2.24) is 10.2 Å². The molecular formula is C9H4BrCl2N3OS. The minimum atomic E-state index is -0.377. The monoisotopic (exact) mass is 351 g/mol. The van der Waals surface area contributed by atoms with E-state index < -0.39 is 0 Å². The van der Waals surface area contributed by atoms with E-state index in [4.69, 9.17) is 23.2 Å². The number of nitrogens with zero attached hydrogens (tertiary/aromatic N) is 2. The van der Waals surface area contributed by atoms with Gasteiger partial charge in [0.15, 0.2) is 0 Å². The summed E-state index contributed by atoms with van der Waals surface area (Å²) >= 11 is 15.8. The minimum Gasteiger partial charge on any atom is -0.319 e. The lowest BCUT2D eigenvalue weighted by atomic mass is 10.3. The highest BCUT2D eigenvalue weighted by Gasteiger charge is 2.14. The lowest BCUT2D eigenvalue weighted by Gasteiger charge is -2.06. The SMILES string of the molecule is O=C(Nc1cccc(Cl)c1Br)c1nnc(Cl)s1. The van der Waals surface area contributed by atoms with E-state index in [0.717, 1.165) is 11.3 Å². The van der Waals surface area contributed by atoms with Crippen LogP contribution in [0.1, 0.15) is 9.80 Å². The average Bonchev–Trinajstić information content (AvgIpc) is 2.72. The van der Waals surface area contributed by atoms with E-state index >= 15 is 0 Å². The predicted molar refractivity (Wildman–Crippen MR) is 72.0 cm³/mol. The molecule has 1 aromatic heterocycles. The van der Waals surface area contributed by atoms with Crippen LogP contribution in [0.2, 0.25) is 9.49 Å². The van der Waals surface area contributed by atoms with E-state index in [2.05, 4.69) is 31.4 Å². The van der Waals surface area contributed by atoms with Crippen molar-refractivity contribution in [2.45, 2.75) is 0 Å². The maximum absolute atomic E-state index is 11.8. The standard InChI is InChI=1S/C9H4BrCl2N3OS/c10-6-4(11)2-1-3-5(6)13-7(16)8-14-15-9(12)17-8/h1-3H,(H,13,16). The van der Waals surface area contributed by atoms with Crippen molar-refractivity contribution in [3.05, 3.63) is 37.2 Å². The molecule has 0 atom stereocenters. The van der Waals surface area contributed by atoms with Gasteiger partial charge >= 0.3 is 0 Å². The first-order chi connectivity index (χ1) is 8.08. The Kier molecular flexibility index (Phi) is 3.98. The highest BCUT2D eigenvalue weighted by molar-refractivity contribution is 9.10. The number of amides is 1. The third-order valence-electron chi connectivity index (χ3n) is 1.79. The summed E-state index contributed by atoms with van der Waals surface area (Å²) in [6.07, 6.45) is 0. The smallest absolute Gasteiger partial charge is 0.286 e. The van der Waals surface area contributed by atoms with Crippen molar-refractivity contribution < 1.29 is 4.79 Å².